The molecule has 0 fully saturated rings. The third-order valence-corrected chi connectivity index (χ3v) is 4.50. The summed E-state index contributed by atoms with van der Waals surface area (Å²) in [6.07, 6.45) is 5.50. The molecule has 2 aromatic carbocycles. The zero-order chi connectivity index (χ0) is 17.6. The molecule has 2 heteroatoms. The fourth-order valence-corrected chi connectivity index (χ4v) is 2.84. The summed E-state index contributed by atoms with van der Waals surface area (Å²) in [5.41, 5.74) is 2.70. The maximum atomic E-state index is 5.77. The zero-order valence-corrected chi connectivity index (χ0v) is 15.5. The van der Waals surface area contributed by atoms with E-state index in [2.05, 4.69) is 67.6 Å². The second-order valence-electron chi connectivity index (χ2n) is 6.73. The quantitative estimate of drug-likeness (QED) is 0.460. The molecule has 0 N–H and O–H groups in total. The van der Waals surface area contributed by atoms with Crippen molar-refractivity contribution in [3.05, 3.63) is 71.8 Å². The first-order chi connectivity index (χ1) is 12.3. The lowest BCUT2D eigenvalue weighted by molar-refractivity contribution is 0.113. The van der Waals surface area contributed by atoms with Crippen LogP contribution in [0.5, 0.6) is 0 Å². The maximum Gasteiger partial charge on any atom is 0.0506 e. The first-order valence-electron chi connectivity index (χ1n) is 9.58. The van der Waals surface area contributed by atoms with E-state index in [0.717, 1.165) is 52.1 Å². The van der Waals surface area contributed by atoms with Gasteiger partial charge >= 0.3 is 0 Å². The molecule has 1 atom stereocenters. The minimum atomic E-state index is 0.703. The molecule has 0 aromatic heterocycles. The van der Waals surface area contributed by atoms with Crippen molar-refractivity contribution in [1.82, 2.24) is 0 Å². The minimum Gasteiger partial charge on any atom is -0.381 e. The van der Waals surface area contributed by atoms with Crippen LogP contribution in [0.2, 0.25) is 0 Å². The van der Waals surface area contributed by atoms with Crippen molar-refractivity contribution in [3.8, 4) is 0 Å². The van der Waals surface area contributed by atoms with E-state index in [1.165, 1.54) is 17.5 Å². The van der Waals surface area contributed by atoms with Crippen LogP contribution in [-0.2, 0) is 22.3 Å². The SMILES string of the molecule is CC(CCCOCCc1ccccc1)CCOCCc1ccccc1. The molecule has 2 aromatic rings. The van der Waals surface area contributed by atoms with E-state index in [-0.39, 0.29) is 0 Å². The molecule has 0 radical (unpaired) electrons. The molecule has 25 heavy (non-hydrogen) atoms. The van der Waals surface area contributed by atoms with Gasteiger partial charge in [0.2, 0.25) is 0 Å². The van der Waals surface area contributed by atoms with Gasteiger partial charge in [-0.2, -0.15) is 0 Å². The summed E-state index contributed by atoms with van der Waals surface area (Å²) in [4.78, 5) is 0. The Hall–Kier alpha value is -1.64. The third kappa shape index (κ3) is 9.42. The molecule has 0 aliphatic carbocycles. The molecule has 0 heterocycles. The zero-order valence-electron chi connectivity index (χ0n) is 15.5. The molecule has 136 valence electrons. The molecular formula is C23H32O2. The lowest BCUT2D eigenvalue weighted by Gasteiger charge is -2.12. The van der Waals surface area contributed by atoms with Crippen molar-refractivity contribution in [2.24, 2.45) is 5.92 Å². The fourth-order valence-electron chi connectivity index (χ4n) is 2.84. The molecule has 0 spiro atoms. The summed E-state index contributed by atoms with van der Waals surface area (Å²) in [6.45, 7) is 5.68. The van der Waals surface area contributed by atoms with Gasteiger partial charge in [-0.05, 0) is 49.1 Å². The van der Waals surface area contributed by atoms with Crippen LogP contribution in [0.1, 0.15) is 37.3 Å². The Morgan fingerprint density at radius 1 is 0.640 bits per heavy atom. The van der Waals surface area contributed by atoms with Gasteiger partial charge in [0.1, 0.15) is 0 Å². The van der Waals surface area contributed by atoms with Gasteiger partial charge in [-0.25, -0.2) is 0 Å². The molecule has 2 nitrogen and oxygen atoms in total. The van der Waals surface area contributed by atoms with Crippen LogP contribution < -0.4 is 0 Å². The van der Waals surface area contributed by atoms with E-state index in [1.54, 1.807) is 0 Å². The van der Waals surface area contributed by atoms with Gasteiger partial charge in [-0.15, -0.1) is 0 Å². The molecule has 2 rings (SSSR count). The summed E-state index contributed by atoms with van der Waals surface area (Å²) in [5, 5.41) is 0. The summed E-state index contributed by atoms with van der Waals surface area (Å²) >= 11 is 0. The maximum absolute atomic E-state index is 5.77. The number of hydrogen-bond donors (Lipinski definition) is 0. The van der Waals surface area contributed by atoms with Crippen LogP contribution in [0.3, 0.4) is 0 Å². The predicted molar refractivity (Wildman–Crippen MR) is 105 cm³/mol. The lowest BCUT2D eigenvalue weighted by Crippen LogP contribution is -2.06. The Morgan fingerprint density at radius 2 is 1.16 bits per heavy atom. The van der Waals surface area contributed by atoms with Crippen molar-refractivity contribution >= 4 is 0 Å². The highest BCUT2D eigenvalue weighted by molar-refractivity contribution is 5.15. The largest absolute Gasteiger partial charge is 0.381 e. The van der Waals surface area contributed by atoms with Crippen LogP contribution in [-0.4, -0.2) is 26.4 Å². The molecular weight excluding hydrogens is 308 g/mol. The summed E-state index contributed by atoms with van der Waals surface area (Å²) in [5.74, 6) is 0.703. The monoisotopic (exact) mass is 340 g/mol. The number of rotatable bonds is 13. The van der Waals surface area contributed by atoms with Gasteiger partial charge in [0.15, 0.2) is 0 Å². The number of ether oxygens (including phenoxy) is 2. The highest BCUT2D eigenvalue weighted by Gasteiger charge is 2.02. The Morgan fingerprint density at radius 3 is 1.72 bits per heavy atom. The fraction of sp³-hybridized carbons (Fsp3) is 0.478. The Balaban J connectivity index is 1.39. The first-order valence-corrected chi connectivity index (χ1v) is 9.58. The molecule has 0 aliphatic rings. The van der Waals surface area contributed by atoms with E-state index >= 15 is 0 Å². The second-order valence-corrected chi connectivity index (χ2v) is 6.73. The molecule has 0 saturated heterocycles. The van der Waals surface area contributed by atoms with Crippen LogP contribution in [0, 0.1) is 5.92 Å². The van der Waals surface area contributed by atoms with Crippen LogP contribution in [0.4, 0.5) is 0 Å². The van der Waals surface area contributed by atoms with Crippen molar-refractivity contribution in [2.45, 2.75) is 39.0 Å². The van der Waals surface area contributed by atoms with Crippen molar-refractivity contribution in [1.29, 1.82) is 0 Å². The molecule has 0 aliphatic heterocycles. The molecule has 0 saturated carbocycles. The van der Waals surface area contributed by atoms with Gasteiger partial charge < -0.3 is 9.47 Å². The predicted octanol–water partition coefficient (Wildman–Crippen LogP) is 5.31. The number of hydrogen-bond acceptors (Lipinski definition) is 2. The minimum absolute atomic E-state index is 0.703. The third-order valence-electron chi connectivity index (χ3n) is 4.50. The van der Waals surface area contributed by atoms with Crippen LogP contribution in [0.15, 0.2) is 60.7 Å². The van der Waals surface area contributed by atoms with Crippen LogP contribution >= 0.6 is 0 Å². The van der Waals surface area contributed by atoms with Gasteiger partial charge in [0.25, 0.3) is 0 Å². The normalized spacial score (nSPS) is 12.2. The Bertz CT molecular complexity index is 539. The standard InChI is InChI=1S/C23H32O2/c1-21(14-18-25-20-16-23-12-6-3-7-13-23)9-8-17-24-19-15-22-10-4-2-5-11-22/h2-7,10-13,21H,8-9,14-20H2,1H3. The highest BCUT2D eigenvalue weighted by Crippen LogP contribution is 2.11. The van der Waals surface area contributed by atoms with Gasteiger partial charge in [0.05, 0.1) is 13.2 Å². The smallest absolute Gasteiger partial charge is 0.0506 e. The average molecular weight is 341 g/mol. The van der Waals surface area contributed by atoms with Crippen molar-refractivity contribution < 1.29 is 9.47 Å². The van der Waals surface area contributed by atoms with Crippen LogP contribution in [0.25, 0.3) is 0 Å². The van der Waals surface area contributed by atoms with E-state index in [0.29, 0.717) is 5.92 Å². The Labute approximate surface area is 153 Å². The number of benzene rings is 2. The molecule has 1 unspecified atom stereocenters. The molecule has 0 amide bonds. The first kappa shape index (κ1) is 19.7. The van der Waals surface area contributed by atoms with E-state index in [1.807, 2.05) is 0 Å². The van der Waals surface area contributed by atoms with E-state index < -0.39 is 0 Å². The molecule has 0 bridgehead atoms. The van der Waals surface area contributed by atoms with E-state index in [4.69, 9.17) is 9.47 Å². The van der Waals surface area contributed by atoms with Gasteiger partial charge in [-0.3, -0.25) is 0 Å². The van der Waals surface area contributed by atoms with Crippen molar-refractivity contribution in [3.63, 3.8) is 0 Å². The summed E-state index contributed by atoms with van der Waals surface area (Å²) in [7, 11) is 0. The Kier molecular flexibility index (Phi) is 9.99. The topological polar surface area (TPSA) is 18.5 Å². The lowest BCUT2D eigenvalue weighted by atomic mass is 10.0. The van der Waals surface area contributed by atoms with Gasteiger partial charge in [-0.1, -0.05) is 67.6 Å². The summed E-state index contributed by atoms with van der Waals surface area (Å²) < 4.78 is 11.5. The highest BCUT2D eigenvalue weighted by atomic mass is 16.5. The average Bonchev–Trinajstić information content (AvgIpc) is 2.66. The van der Waals surface area contributed by atoms with Gasteiger partial charge in [0, 0.05) is 13.2 Å². The summed E-state index contributed by atoms with van der Waals surface area (Å²) in [6, 6.07) is 21.1. The van der Waals surface area contributed by atoms with E-state index in [9.17, 15) is 0 Å². The van der Waals surface area contributed by atoms with Crippen molar-refractivity contribution in [2.75, 3.05) is 26.4 Å². The second kappa shape index (κ2) is 12.7.